The van der Waals surface area contributed by atoms with Crippen LogP contribution in [0.3, 0.4) is 0 Å². The molecule has 0 saturated carbocycles. The Labute approximate surface area is 222 Å². The maximum atomic E-state index is 7.72. The molecule has 1 unspecified atom stereocenters. The molecular formula is C31H28Cl2SiZr. The van der Waals surface area contributed by atoms with E-state index in [4.69, 9.17) is 17.0 Å². The number of aryl methyl sites for hydroxylation is 1. The normalized spacial score (nSPS) is 16.7. The number of hydrogen-bond donors (Lipinski definition) is 0. The molecular weight excluding hydrogens is 563 g/mol. The van der Waals surface area contributed by atoms with Crippen LogP contribution in [-0.2, 0) is 24.3 Å². The Morgan fingerprint density at radius 2 is 1.51 bits per heavy atom. The Morgan fingerprint density at radius 3 is 2.29 bits per heavy atom. The van der Waals surface area contributed by atoms with Crippen LogP contribution in [0, 0.1) is 0 Å². The second kappa shape index (κ2) is 9.31. The standard InChI is InChI=1S/C19H19.C12H9Si.2ClH.Zr/c1-3-14-12-17-11-10-15(4-2)19(18(17)13-14)16-8-6-5-7-9-16;1-3-7-11-9(5-1)10-6-2-4-8-12(10)13-11;;;/h5-13H,3-4H2,1-2H3;1-7H,13H2;2*1H;/q;;;;+2/p-2. The number of hydrogen-bond acceptors (Lipinski definition) is 0. The van der Waals surface area contributed by atoms with Gasteiger partial charge in [-0.1, -0.05) is 0 Å². The molecule has 0 aromatic heterocycles. The van der Waals surface area contributed by atoms with Crippen molar-refractivity contribution in [3.63, 3.8) is 0 Å². The predicted molar refractivity (Wildman–Crippen MR) is 153 cm³/mol. The van der Waals surface area contributed by atoms with Crippen molar-refractivity contribution in [1.29, 1.82) is 0 Å². The molecule has 0 spiro atoms. The Kier molecular flexibility index (Phi) is 6.30. The second-order valence-corrected chi connectivity index (χ2v) is 25.4. The van der Waals surface area contributed by atoms with Gasteiger partial charge in [0, 0.05) is 0 Å². The van der Waals surface area contributed by atoms with E-state index in [9.17, 15) is 0 Å². The summed E-state index contributed by atoms with van der Waals surface area (Å²) >= 11 is -3.88. The summed E-state index contributed by atoms with van der Waals surface area (Å²) in [6, 6.07) is 31.0. The molecule has 4 aromatic rings. The van der Waals surface area contributed by atoms with E-state index in [1.54, 1.807) is 0 Å². The first-order valence-corrected chi connectivity index (χ1v) is 22.9. The van der Waals surface area contributed by atoms with E-state index in [0.29, 0.717) is 0 Å². The Hall–Kier alpha value is -1.70. The van der Waals surface area contributed by atoms with Crippen LogP contribution in [0.1, 0.15) is 40.6 Å². The molecule has 4 aromatic carbocycles. The molecule has 0 bridgehead atoms. The van der Waals surface area contributed by atoms with Crippen molar-refractivity contribution in [2.75, 3.05) is 0 Å². The second-order valence-electron chi connectivity index (χ2n) is 9.62. The first-order valence-electron chi connectivity index (χ1n) is 12.5. The Morgan fingerprint density at radius 1 is 0.771 bits per heavy atom. The zero-order chi connectivity index (χ0) is 24.2. The van der Waals surface area contributed by atoms with Crippen LogP contribution in [0.5, 0.6) is 0 Å². The molecule has 0 fully saturated rings. The first kappa shape index (κ1) is 23.7. The summed E-state index contributed by atoms with van der Waals surface area (Å²) in [4.78, 5) is 0. The fourth-order valence-corrected chi connectivity index (χ4v) is 23.2. The topological polar surface area (TPSA) is 0 Å². The molecule has 174 valence electrons. The summed E-state index contributed by atoms with van der Waals surface area (Å²) in [6.45, 7) is 4.50. The zero-order valence-electron chi connectivity index (χ0n) is 20.1. The summed E-state index contributed by atoms with van der Waals surface area (Å²) in [6.07, 6.45) is 4.40. The predicted octanol–water partition coefficient (Wildman–Crippen LogP) is 6.65. The van der Waals surface area contributed by atoms with Crippen LogP contribution in [-0.4, -0.2) is 9.52 Å². The first-order chi connectivity index (χ1) is 17.0. The third kappa shape index (κ3) is 3.80. The van der Waals surface area contributed by atoms with Gasteiger partial charge in [-0.05, 0) is 0 Å². The van der Waals surface area contributed by atoms with Gasteiger partial charge >= 0.3 is 224 Å². The SMILES string of the molecule is CCC1=Cc2c(ccc(CC)c2-c2ccccc2)[CH]1[Zr]([Cl])([Cl])[c]1cccc2c1[SiH2]c1ccccc1-2. The van der Waals surface area contributed by atoms with Crippen molar-refractivity contribution in [2.45, 2.75) is 30.3 Å². The minimum atomic E-state index is -3.88. The molecule has 6 rings (SSSR count). The van der Waals surface area contributed by atoms with Crippen molar-refractivity contribution in [3.05, 3.63) is 107 Å². The molecule has 0 N–H and O–H groups in total. The monoisotopic (exact) mass is 588 g/mol. The van der Waals surface area contributed by atoms with Gasteiger partial charge in [0.1, 0.15) is 0 Å². The van der Waals surface area contributed by atoms with E-state index in [2.05, 4.69) is 105 Å². The molecule has 1 atom stereocenters. The molecule has 0 amide bonds. The van der Waals surface area contributed by atoms with Gasteiger partial charge in [-0.3, -0.25) is 0 Å². The van der Waals surface area contributed by atoms with Crippen LogP contribution >= 0.6 is 17.0 Å². The van der Waals surface area contributed by atoms with Gasteiger partial charge < -0.3 is 0 Å². The Balaban J connectivity index is 1.53. The van der Waals surface area contributed by atoms with Crippen molar-refractivity contribution in [2.24, 2.45) is 0 Å². The van der Waals surface area contributed by atoms with Crippen LogP contribution < -0.4 is 13.6 Å². The number of rotatable bonds is 5. The summed E-state index contributed by atoms with van der Waals surface area (Å²) in [5.41, 5.74) is 10.9. The third-order valence-corrected chi connectivity index (χ3v) is 22.1. The average molecular weight is 591 g/mol. The number of halogens is 2. The molecule has 1 aliphatic carbocycles. The fourth-order valence-electron chi connectivity index (χ4n) is 6.16. The number of benzene rings is 4. The van der Waals surface area contributed by atoms with Gasteiger partial charge in [0.2, 0.25) is 0 Å². The third-order valence-electron chi connectivity index (χ3n) is 7.80. The van der Waals surface area contributed by atoms with Crippen LogP contribution in [0.15, 0.2) is 90.5 Å². The van der Waals surface area contributed by atoms with Crippen molar-refractivity contribution in [1.82, 2.24) is 0 Å². The van der Waals surface area contributed by atoms with Crippen molar-refractivity contribution < 1.29 is 17.9 Å². The molecule has 2 aliphatic rings. The minimum absolute atomic E-state index is 0.144. The van der Waals surface area contributed by atoms with E-state index in [-0.39, 0.29) is 3.63 Å². The zero-order valence-corrected chi connectivity index (χ0v) is 25.5. The average Bonchev–Trinajstić information content (AvgIpc) is 3.47. The molecule has 4 heteroatoms. The van der Waals surface area contributed by atoms with E-state index in [0.717, 1.165) is 12.8 Å². The number of fused-ring (bicyclic) bond motifs is 4. The maximum absolute atomic E-state index is 7.72. The molecule has 0 nitrogen and oxygen atoms in total. The van der Waals surface area contributed by atoms with Gasteiger partial charge in [-0.15, -0.1) is 0 Å². The van der Waals surface area contributed by atoms with E-state index in [1.807, 2.05) is 0 Å². The van der Waals surface area contributed by atoms with Gasteiger partial charge in [-0.2, -0.15) is 0 Å². The van der Waals surface area contributed by atoms with Gasteiger partial charge in [0.05, 0.1) is 0 Å². The molecule has 1 heterocycles. The summed E-state index contributed by atoms with van der Waals surface area (Å²) in [7, 11) is 14.9. The molecule has 0 saturated heterocycles. The van der Waals surface area contributed by atoms with Crippen molar-refractivity contribution >= 4 is 46.3 Å². The van der Waals surface area contributed by atoms with E-state index >= 15 is 0 Å². The fraction of sp³-hybridized carbons (Fsp3) is 0.161. The van der Waals surface area contributed by atoms with E-state index < -0.39 is 27.4 Å². The summed E-state index contributed by atoms with van der Waals surface area (Å²) in [5, 5.41) is 3.01. The van der Waals surface area contributed by atoms with Gasteiger partial charge in [-0.25, -0.2) is 0 Å². The van der Waals surface area contributed by atoms with Crippen molar-refractivity contribution in [3.8, 4) is 22.3 Å². The van der Waals surface area contributed by atoms with Crippen LogP contribution in [0.2, 0.25) is 0 Å². The summed E-state index contributed by atoms with van der Waals surface area (Å²) in [5.74, 6) is 0. The Bertz CT molecular complexity index is 1470. The van der Waals surface area contributed by atoms with E-state index in [1.165, 1.54) is 58.2 Å². The van der Waals surface area contributed by atoms with Gasteiger partial charge in [0.15, 0.2) is 0 Å². The summed E-state index contributed by atoms with van der Waals surface area (Å²) < 4.78 is 1.45. The molecule has 0 radical (unpaired) electrons. The molecule has 1 aliphatic heterocycles. The quantitative estimate of drug-likeness (QED) is 0.201. The molecule has 35 heavy (non-hydrogen) atoms. The number of allylic oxidation sites excluding steroid dienone is 1. The van der Waals surface area contributed by atoms with Crippen LogP contribution in [0.4, 0.5) is 0 Å². The van der Waals surface area contributed by atoms with Gasteiger partial charge in [0.25, 0.3) is 0 Å². The van der Waals surface area contributed by atoms with Crippen LogP contribution in [0.25, 0.3) is 28.3 Å².